The molecule has 6 aliphatic rings. The fourth-order valence-corrected chi connectivity index (χ4v) is 13.6. The summed E-state index contributed by atoms with van der Waals surface area (Å²) < 4.78 is 32.5. The zero-order valence-corrected chi connectivity index (χ0v) is 49.2. The van der Waals surface area contributed by atoms with Gasteiger partial charge in [0.15, 0.2) is 15.5 Å². The largest absolute Gasteiger partial charge is 0.487 e. The summed E-state index contributed by atoms with van der Waals surface area (Å²) >= 11 is 4.31. The van der Waals surface area contributed by atoms with E-state index in [1.807, 2.05) is 111 Å². The molecule has 6 aliphatic heterocycles. The summed E-state index contributed by atoms with van der Waals surface area (Å²) in [6.07, 6.45) is 1.66. The molecule has 83 heavy (non-hydrogen) atoms. The SMILES string of the molecule is CCN=C1N[C@@H]2[C@@H](O)[C@H](O)[C@@H](Cn3cc(COc4ccccc4)nn3)O[C@@H]2S1.CCN=C1N[C@@H]2[C@@H](O)[C@H](O)[C@@H](Cn3cc(Cn4cccc4)nn3)O[C@@H]2S1.CCN=C1N[C@@H]2[C@@H](O)[C@H](O)[C@@H](Cn3cc(Cn4nc(C)c(C)c4C)nn3)O[C@@H]2S1. The Labute approximate surface area is 491 Å². The second-order valence-electron chi connectivity index (χ2n) is 20.5. The highest BCUT2D eigenvalue weighted by Gasteiger charge is 2.51. The third-order valence-electron chi connectivity index (χ3n) is 14.6. The molecule has 5 aromatic heterocycles. The summed E-state index contributed by atoms with van der Waals surface area (Å²) in [4.78, 5) is 13.0. The molecule has 0 unspecified atom stereocenters. The second kappa shape index (κ2) is 27.4. The van der Waals surface area contributed by atoms with Crippen molar-refractivity contribution in [2.45, 2.75) is 170 Å². The van der Waals surface area contributed by atoms with E-state index in [1.165, 1.54) is 40.8 Å². The van der Waals surface area contributed by atoms with Crippen LogP contribution in [0.2, 0.25) is 0 Å². The van der Waals surface area contributed by atoms with E-state index in [9.17, 15) is 30.6 Å². The summed E-state index contributed by atoms with van der Waals surface area (Å²) in [7, 11) is 0. The highest BCUT2D eigenvalue weighted by molar-refractivity contribution is 8.15. The summed E-state index contributed by atoms with van der Waals surface area (Å²) in [6, 6.07) is 12.3. The fraction of sp³-hybridized carbons (Fsp3) is 0.577. The molecule has 6 fully saturated rings. The first-order chi connectivity index (χ1) is 40.1. The van der Waals surface area contributed by atoms with Gasteiger partial charge in [-0.3, -0.25) is 19.7 Å². The Bertz CT molecular complexity index is 3140. The van der Waals surface area contributed by atoms with Crippen LogP contribution >= 0.6 is 35.3 Å². The number of fused-ring (bicyclic) bond motifs is 3. The Morgan fingerprint density at radius 1 is 0.542 bits per heavy atom. The number of ether oxygens (including phenoxy) is 4. The number of para-hydroxylation sites is 1. The number of nitrogens with one attached hydrogen (secondary N) is 3. The van der Waals surface area contributed by atoms with Crippen LogP contribution in [0.15, 0.2) is 88.4 Å². The van der Waals surface area contributed by atoms with Crippen molar-refractivity contribution in [2.75, 3.05) is 19.6 Å². The van der Waals surface area contributed by atoms with Crippen LogP contribution in [-0.2, 0) is 53.5 Å². The molecule has 31 heteroatoms. The van der Waals surface area contributed by atoms with E-state index in [4.69, 9.17) is 18.9 Å². The van der Waals surface area contributed by atoms with Gasteiger partial charge in [0.05, 0.1) is 75.1 Å². The van der Waals surface area contributed by atoms with Gasteiger partial charge >= 0.3 is 0 Å². The van der Waals surface area contributed by atoms with Crippen molar-refractivity contribution >= 4 is 50.8 Å². The normalized spacial score (nSPS) is 31.3. The molecule has 0 radical (unpaired) electrons. The van der Waals surface area contributed by atoms with Gasteiger partial charge in [-0.25, -0.2) is 14.0 Å². The van der Waals surface area contributed by atoms with Crippen molar-refractivity contribution in [3.63, 3.8) is 0 Å². The van der Waals surface area contributed by atoms with Crippen molar-refractivity contribution in [3.05, 3.63) is 107 Å². The van der Waals surface area contributed by atoms with E-state index >= 15 is 0 Å². The third-order valence-corrected chi connectivity index (χ3v) is 17.9. The zero-order chi connectivity index (χ0) is 58.3. The van der Waals surface area contributed by atoms with Crippen LogP contribution < -0.4 is 20.7 Å². The van der Waals surface area contributed by atoms with E-state index < -0.39 is 54.9 Å². The van der Waals surface area contributed by atoms with Gasteiger partial charge in [0.2, 0.25) is 0 Å². The molecule has 12 rings (SSSR count). The first-order valence-electron chi connectivity index (χ1n) is 27.6. The predicted molar refractivity (Wildman–Crippen MR) is 309 cm³/mol. The van der Waals surface area contributed by atoms with E-state index in [2.05, 4.69) is 73.9 Å². The number of hydrogen-bond donors (Lipinski definition) is 9. The Morgan fingerprint density at radius 2 is 0.952 bits per heavy atom. The molecule has 0 saturated carbocycles. The van der Waals surface area contributed by atoms with Crippen LogP contribution in [0.4, 0.5) is 0 Å². The van der Waals surface area contributed by atoms with Crippen LogP contribution in [0, 0.1) is 20.8 Å². The number of amidine groups is 3. The number of aliphatic imine (C=N–C) groups is 3. The summed E-state index contributed by atoms with van der Waals surface area (Å²) in [6.45, 7) is 16.2. The molecule has 6 aromatic rings. The van der Waals surface area contributed by atoms with Crippen molar-refractivity contribution in [1.29, 1.82) is 0 Å². The Balaban J connectivity index is 0.000000139. The fourth-order valence-electron chi connectivity index (χ4n) is 10.0. The predicted octanol–water partition coefficient (Wildman–Crippen LogP) is 0.0160. The Morgan fingerprint density at radius 3 is 1.36 bits per heavy atom. The van der Waals surface area contributed by atoms with E-state index in [0.717, 1.165) is 44.0 Å². The number of hydrogen-bond acceptors (Lipinski definition) is 23. The molecule has 28 nitrogen and oxygen atoms in total. The molecule has 6 saturated heterocycles. The van der Waals surface area contributed by atoms with Crippen LogP contribution in [0.1, 0.15) is 54.8 Å². The minimum Gasteiger partial charge on any atom is -0.487 e. The number of rotatable bonds is 16. The first kappa shape index (κ1) is 60.2. The number of nitrogens with zero attached hydrogens (tertiary/aromatic N) is 15. The molecule has 1 aromatic carbocycles. The maximum absolute atomic E-state index is 10.5. The molecule has 15 atom stereocenters. The third kappa shape index (κ3) is 14.4. The van der Waals surface area contributed by atoms with E-state index in [-0.39, 0.29) is 41.0 Å². The van der Waals surface area contributed by atoms with Crippen molar-refractivity contribution in [1.82, 2.24) is 75.3 Å². The molecule has 9 N–H and O–H groups in total. The Hall–Kier alpha value is -5.97. The molecular formula is C52H72N18O10S3. The topological polar surface area (TPSA) is 346 Å². The Kier molecular flexibility index (Phi) is 19.8. The highest BCUT2D eigenvalue weighted by Crippen LogP contribution is 2.37. The van der Waals surface area contributed by atoms with Gasteiger partial charge in [-0.1, -0.05) is 69.1 Å². The van der Waals surface area contributed by atoms with E-state index in [1.54, 1.807) is 20.2 Å². The monoisotopic (exact) mass is 1200 g/mol. The molecule has 11 heterocycles. The van der Waals surface area contributed by atoms with Gasteiger partial charge in [0.1, 0.15) is 101 Å². The number of aliphatic hydroxyl groups excluding tert-OH is 6. The lowest BCUT2D eigenvalue weighted by molar-refractivity contribution is -0.160. The minimum absolute atomic E-state index is 0.278. The molecular weight excluding hydrogens is 1130 g/mol. The molecule has 0 bridgehead atoms. The first-order valence-corrected chi connectivity index (χ1v) is 30.2. The van der Waals surface area contributed by atoms with Crippen molar-refractivity contribution in [2.24, 2.45) is 15.0 Å². The van der Waals surface area contributed by atoms with Gasteiger partial charge in [0.25, 0.3) is 0 Å². The smallest absolute Gasteiger partial charge is 0.159 e. The van der Waals surface area contributed by atoms with Crippen LogP contribution in [0.3, 0.4) is 0 Å². The highest BCUT2D eigenvalue weighted by atomic mass is 32.2. The standard InChI is InChI=1S/C18H27N7O3S.C18H23N5O4S.C16H22N6O3S/c1-5-19-18-20-14-16(27)15(26)13(28-17(14)29-18)8-24-6-12(21-23-24)7-25-11(4)9(2)10(3)22-25;1-2-19-18-20-14-16(25)15(24)13(27-17(14)28-18)9-23-8-11(21-22-23)10-26-12-6-4-3-5-7-12;1-2-17-16-18-12-14(24)13(23)11(25-15(12)26-16)9-22-8-10(19-20-22)7-21-5-3-4-6-21/h6,13-17,26-27H,5,7-8H2,1-4H3,(H,19,20);3-8,13-17,24-25H,2,9-10H2,1H3,(H,19,20);3-6,8,11-15,23-24H,2,7,9H2,1H3,(H,17,18)/t2*13-,14-,15-,16-,17-;11-,12-,13-,14-,15-/m111/s1. The van der Waals surface area contributed by atoms with Crippen molar-refractivity contribution in [3.8, 4) is 5.75 Å². The molecule has 0 amide bonds. The molecule has 0 aliphatic carbocycles. The zero-order valence-electron chi connectivity index (χ0n) is 46.7. The van der Waals surface area contributed by atoms with Gasteiger partial charge in [-0.15, -0.1) is 15.3 Å². The molecule has 0 spiro atoms. The number of aryl methyl sites for hydroxylation is 1. The van der Waals surface area contributed by atoms with Crippen molar-refractivity contribution < 1.29 is 49.6 Å². The number of aromatic nitrogens is 12. The number of thioether (sulfide) groups is 3. The molecule has 448 valence electrons. The van der Waals surface area contributed by atoms with Gasteiger partial charge < -0.3 is 70.1 Å². The number of benzene rings is 1. The maximum Gasteiger partial charge on any atom is 0.159 e. The summed E-state index contributed by atoms with van der Waals surface area (Å²) in [5.41, 5.74) is 4.65. The second-order valence-corrected chi connectivity index (χ2v) is 23.7. The summed E-state index contributed by atoms with van der Waals surface area (Å²) in [5.74, 6) is 0.757. The van der Waals surface area contributed by atoms with Crippen LogP contribution in [0.25, 0.3) is 0 Å². The van der Waals surface area contributed by atoms with Gasteiger partial charge in [-0.05, 0) is 71.4 Å². The average molecular weight is 1210 g/mol. The summed E-state index contributed by atoms with van der Waals surface area (Å²) in [5, 5.41) is 104. The van der Waals surface area contributed by atoms with Crippen LogP contribution in [-0.4, -0.2) is 214 Å². The van der Waals surface area contributed by atoms with Crippen LogP contribution in [0.5, 0.6) is 5.75 Å². The number of aliphatic hydroxyl groups is 6. The quantitative estimate of drug-likeness (QED) is 0.0617. The van der Waals surface area contributed by atoms with Gasteiger partial charge in [-0.2, -0.15) is 5.10 Å². The lowest BCUT2D eigenvalue weighted by Gasteiger charge is -2.38. The van der Waals surface area contributed by atoms with E-state index in [0.29, 0.717) is 58.1 Å². The lowest BCUT2D eigenvalue weighted by atomic mass is 9.98. The maximum atomic E-state index is 10.5. The van der Waals surface area contributed by atoms with Gasteiger partial charge in [0, 0.05) is 37.7 Å². The minimum atomic E-state index is -1.04. The average Bonchev–Trinajstić information content (AvgIpc) is 4.38. The lowest BCUT2D eigenvalue weighted by Crippen LogP contribution is -2.59.